The van der Waals surface area contributed by atoms with E-state index in [0.29, 0.717) is 29.7 Å². The highest BCUT2D eigenvalue weighted by Gasteiger charge is 2.10. The number of carbonyl (C=O) groups is 1. The van der Waals surface area contributed by atoms with Crippen LogP contribution >= 0.6 is 0 Å². The molecule has 1 amide bonds. The van der Waals surface area contributed by atoms with Crippen LogP contribution in [-0.2, 0) is 0 Å². The molecule has 6 heteroatoms. The summed E-state index contributed by atoms with van der Waals surface area (Å²) in [5.74, 6) is 1.60. The van der Waals surface area contributed by atoms with E-state index in [1.807, 2.05) is 25.1 Å². The first-order chi connectivity index (χ1) is 11.5. The maximum absolute atomic E-state index is 12.2. The van der Waals surface area contributed by atoms with Crippen molar-refractivity contribution in [3.63, 3.8) is 0 Å². The van der Waals surface area contributed by atoms with E-state index in [2.05, 4.69) is 34.4 Å². The van der Waals surface area contributed by atoms with E-state index in [1.54, 1.807) is 13.2 Å². The number of anilines is 2. The third-order valence-corrected chi connectivity index (χ3v) is 3.52. The van der Waals surface area contributed by atoms with Gasteiger partial charge in [-0.1, -0.05) is 19.9 Å². The van der Waals surface area contributed by atoms with Crippen LogP contribution < -0.4 is 15.4 Å². The first-order valence-electron chi connectivity index (χ1n) is 8.01. The molecule has 0 saturated carbocycles. The summed E-state index contributed by atoms with van der Waals surface area (Å²) in [7, 11) is 1.61. The Morgan fingerprint density at radius 3 is 2.75 bits per heavy atom. The number of carbonyl (C=O) groups excluding carboxylic acids is 1. The smallest absolute Gasteiger partial charge is 0.270 e. The Morgan fingerprint density at radius 2 is 2.04 bits per heavy atom. The molecule has 1 heterocycles. The van der Waals surface area contributed by atoms with E-state index in [4.69, 9.17) is 4.74 Å². The van der Waals surface area contributed by atoms with Crippen LogP contribution in [0, 0.1) is 12.8 Å². The van der Waals surface area contributed by atoms with Gasteiger partial charge >= 0.3 is 0 Å². The van der Waals surface area contributed by atoms with Crippen molar-refractivity contribution >= 4 is 17.4 Å². The summed E-state index contributed by atoms with van der Waals surface area (Å²) in [5.41, 5.74) is 2.23. The highest BCUT2D eigenvalue weighted by molar-refractivity contribution is 5.93. The van der Waals surface area contributed by atoms with Crippen molar-refractivity contribution in [2.45, 2.75) is 27.2 Å². The lowest BCUT2D eigenvalue weighted by Gasteiger charge is -2.12. The Morgan fingerprint density at radius 1 is 1.25 bits per heavy atom. The molecule has 0 unspecified atom stereocenters. The number of benzene rings is 1. The number of rotatable bonds is 7. The second kappa shape index (κ2) is 8.29. The van der Waals surface area contributed by atoms with Crippen LogP contribution in [0.5, 0.6) is 5.75 Å². The second-order valence-electron chi connectivity index (χ2n) is 6.06. The number of ether oxygens (including phenoxy) is 1. The van der Waals surface area contributed by atoms with Crippen molar-refractivity contribution in [3.8, 4) is 5.75 Å². The van der Waals surface area contributed by atoms with Gasteiger partial charge in [0.15, 0.2) is 0 Å². The fourth-order valence-electron chi connectivity index (χ4n) is 2.17. The molecule has 0 aliphatic heterocycles. The van der Waals surface area contributed by atoms with Gasteiger partial charge in [0.25, 0.3) is 5.91 Å². The number of amides is 1. The number of aromatic nitrogens is 2. The van der Waals surface area contributed by atoms with Crippen LogP contribution in [-0.4, -0.2) is 29.5 Å². The molecule has 2 N–H and O–H groups in total. The largest absolute Gasteiger partial charge is 0.495 e. The molecule has 24 heavy (non-hydrogen) atoms. The van der Waals surface area contributed by atoms with Crippen LogP contribution in [0.1, 0.15) is 36.3 Å². The zero-order valence-electron chi connectivity index (χ0n) is 14.6. The number of nitrogens with one attached hydrogen (secondary N) is 2. The van der Waals surface area contributed by atoms with E-state index < -0.39 is 0 Å². The molecule has 128 valence electrons. The van der Waals surface area contributed by atoms with Crippen molar-refractivity contribution in [3.05, 3.63) is 41.9 Å². The van der Waals surface area contributed by atoms with E-state index in [-0.39, 0.29) is 5.91 Å². The Balaban J connectivity index is 2.10. The number of nitrogens with zero attached hydrogens (tertiary/aromatic N) is 2. The molecular formula is C18H24N4O2. The molecule has 0 fully saturated rings. The minimum Gasteiger partial charge on any atom is -0.495 e. The molecule has 2 aromatic rings. The van der Waals surface area contributed by atoms with Gasteiger partial charge in [-0.05, 0) is 37.0 Å². The predicted molar refractivity (Wildman–Crippen MR) is 94.8 cm³/mol. The van der Waals surface area contributed by atoms with Crippen LogP contribution in [0.2, 0.25) is 0 Å². The van der Waals surface area contributed by atoms with Gasteiger partial charge in [0.2, 0.25) is 0 Å². The maximum atomic E-state index is 12.2. The minimum atomic E-state index is -0.197. The van der Waals surface area contributed by atoms with Gasteiger partial charge in [-0.2, -0.15) is 0 Å². The molecule has 6 nitrogen and oxygen atoms in total. The molecule has 0 bridgehead atoms. The van der Waals surface area contributed by atoms with Gasteiger partial charge in [-0.15, -0.1) is 0 Å². The SMILES string of the molecule is COc1ccc(C)cc1Nc1cc(C(=O)NCCC(C)C)ncn1. The standard InChI is InChI=1S/C18H24N4O2/c1-12(2)7-8-19-18(23)15-10-17(21-11-20-15)22-14-9-13(3)5-6-16(14)24-4/h5-6,9-12H,7-8H2,1-4H3,(H,19,23)(H,20,21,22). The van der Waals surface area contributed by atoms with Gasteiger partial charge in [0.05, 0.1) is 12.8 Å². The lowest BCUT2D eigenvalue weighted by Crippen LogP contribution is -2.26. The summed E-state index contributed by atoms with van der Waals surface area (Å²) in [6.07, 6.45) is 2.31. The van der Waals surface area contributed by atoms with Gasteiger partial charge in [0.1, 0.15) is 23.6 Å². The normalized spacial score (nSPS) is 10.5. The van der Waals surface area contributed by atoms with Crippen LogP contribution in [0.3, 0.4) is 0 Å². The summed E-state index contributed by atoms with van der Waals surface area (Å²) >= 11 is 0. The second-order valence-corrected chi connectivity index (χ2v) is 6.06. The van der Waals surface area contributed by atoms with Gasteiger partial charge in [-0.25, -0.2) is 9.97 Å². The summed E-state index contributed by atoms with van der Waals surface area (Å²) in [5, 5.41) is 6.05. The molecule has 0 aliphatic carbocycles. The molecule has 1 aromatic heterocycles. The number of hydrogen-bond donors (Lipinski definition) is 2. The first kappa shape index (κ1) is 17.7. The molecule has 0 spiro atoms. The highest BCUT2D eigenvalue weighted by Crippen LogP contribution is 2.27. The third-order valence-electron chi connectivity index (χ3n) is 3.52. The van der Waals surface area contributed by atoms with E-state index in [9.17, 15) is 4.79 Å². The van der Waals surface area contributed by atoms with Gasteiger partial charge in [0, 0.05) is 12.6 Å². The van der Waals surface area contributed by atoms with Crippen molar-refractivity contribution in [2.24, 2.45) is 5.92 Å². The van der Waals surface area contributed by atoms with Crippen molar-refractivity contribution < 1.29 is 9.53 Å². The molecule has 2 rings (SSSR count). The summed E-state index contributed by atoms with van der Waals surface area (Å²) in [6, 6.07) is 7.45. The average Bonchev–Trinajstić information content (AvgIpc) is 2.55. The Bertz CT molecular complexity index is 701. The molecule has 1 aromatic carbocycles. The summed E-state index contributed by atoms with van der Waals surface area (Å²) in [4.78, 5) is 20.4. The van der Waals surface area contributed by atoms with Crippen molar-refractivity contribution in [2.75, 3.05) is 19.0 Å². The summed E-state index contributed by atoms with van der Waals surface area (Å²) < 4.78 is 5.34. The Hall–Kier alpha value is -2.63. The predicted octanol–water partition coefficient (Wildman–Crippen LogP) is 3.31. The Kier molecular flexibility index (Phi) is 6.12. The maximum Gasteiger partial charge on any atom is 0.270 e. The van der Waals surface area contributed by atoms with Gasteiger partial charge < -0.3 is 15.4 Å². The quantitative estimate of drug-likeness (QED) is 0.815. The number of aryl methyl sites for hydroxylation is 1. The molecule has 0 aliphatic rings. The number of methoxy groups -OCH3 is 1. The van der Waals surface area contributed by atoms with Crippen LogP contribution in [0.25, 0.3) is 0 Å². The molecule has 0 radical (unpaired) electrons. The lowest BCUT2D eigenvalue weighted by atomic mass is 10.1. The van der Waals surface area contributed by atoms with Gasteiger partial charge in [-0.3, -0.25) is 4.79 Å². The van der Waals surface area contributed by atoms with Crippen molar-refractivity contribution in [1.29, 1.82) is 0 Å². The molecule has 0 atom stereocenters. The first-order valence-corrected chi connectivity index (χ1v) is 8.01. The molecular weight excluding hydrogens is 304 g/mol. The monoisotopic (exact) mass is 328 g/mol. The fourth-order valence-corrected chi connectivity index (χ4v) is 2.17. The van der Waals surface area contributed by atoms with Crippen molar-refractivity contribution in [1.82, 2.24) is 15.3 Å². The fraction of sp³-hybridized carbons (Fsp3) is 0.389. The minimum absolute atomic E-state index is 0.197. The highest BCUT2D eigenvalue weighted by atomic mass is 16.5. The summed E-state index contributed by atoms with van der Waals surface area (Å²) in [6.45, 7) is 6.87. The number of hydrogen-bond acceptors (Lipinski definition) is 5. The topological polar surface area (TPSA) is 76.1 Å². The zero-order valence-corrected chi connectivity index (χ0v) is 14.6. The zero-order chi connectivity index (χ0) is 17.5. The Labute approximate surface area is 142 Å². The van der Waals surface area contributed by atoms with E-state index in [0.717, 1.165) is 17.7 Å². The van der Waals surface area contributed by atoms with Crippen LogP contribution in [0.15, 0.2) is 30.6 Å². The molecule has 0 saturated heterocycles. The van der Waals surface area contributed by atoms with E-state index in [1.165, 1.54) is 6.33 Å². The lowest BCUT2D eigenvalue weighted by molar-refractivity contribution is 0.0947. The third kappa shape index (κ3) is 4.94. The van der Waals surface area contributed by atoms with Crippen LogP contribution in [0.4, 0.5) is 11.5 Å². The average molecular weight is 328 g/mol. The van der Waals surface area contributed by atoms with E-state index >= 15 is 0 Å².